The Morgan fingerprint density at radius 1 is 1.37 bits per heavy atom. The van der Waals surface area contributed by atoms with Crippen LogP contribution in [0.25, 0.3) is 0 Å². The molecule has 0 aromatic carbocycles. The molecule has 19 heavy (non-hydrogen) atoms. The van der Waals surface area contributed by atoms with Gasteiger partial charge in [-0.3, -0.25) is 14.6 Å². The summed E-state index contributed by atoms with van der Waals surface area (Å²) in [6, 6.07) is 1.41. The van der Waals surface area contributed by atoms with Gasteiger partial charge in [0.1, 0.15) is 5.75 Å². The molecule has 2 rings (SSSR count). The number of carboxylic acids is 1. The predicted octanol–water partition coefficient (Wildman–Crippen LogP) is 1.30. The lowest BCUT2D eigenvalue weighted by Gasteiger charge is -2.28. The highest BCUT2D eigenvalue weighted by Gasteiger charge is 2.37. The molecular formula is C13H16N2O4. The van der Waals surface area contributed by atoms with E-state index in [1.54, 1.807) is 0 Å². The minimum atomic E-state index is -0.929. The second-order valence-electron chi connectivity index (χ2n) is 4.90. The lowest BCUT2D eigenvalue weighted by Crippen LogP contribution is -2.47. The van der Waals surface area contributed by atoms with Crippen molar-refractivity contribution in [3.63, 3.8) is 0 Å². The molecule has 0 aliphatic heterocycles. The van der Waals surface area contributed by atoms with Crippen LogP contribution in [0.4, 0.5) is 0 Å². The summed E-state index contributed by atoms with van der Waals surface area (Å²) < 4.78 is 0. The number of nitrogens with zero attached hydrogens (tertiary/aromatic N) is 1. The Morgan fingerprint density at radius 3 is 2.63 bits per heavy atom. The Balaban J connectivity index is 2.16. The molecule has 1 heterocycles. The number of nitrogens with one attached hydrogen (secondary N) is 1. The zero-order chi connectivity index (χ0) is 13.9. The molecule has 1 aliphatic carbocycles. The maximum atomic E-state index is 12.1. The van der Waals surface area contributed by atoms with E-state index in [1.807, 2.05) is 0 Å². The van der Waals surface area contributed by atoms with Crippen molar-refractivity contribution in [2.24, 2.45) is 0 Å². The molecule has 1 amide bonds. The first kappa shape index (κ1) is 13.3. The first-order chi connectivity index (χ1) is 9.02. The van der Waals surface area contributed by atoms with Gasteiger partial charge < -0.3 is 15.5 Å². The number of aromatic nitrogens is 1. The standard InChI is InChI=1S/C13H16N2O4/c16-10-8-14-6-3-9(10)12(19)15-13(7-11(17)18)4-1-2-5-13/h3,6,8,16H,1-2,4-5,7H2,(H,15,19)(H,17,18). The average Bonchev–Trinajstić information content (AvgIpc) is 2.76. The van der Waals surface area contributed by atoms with Crippen LogP contribution in [0.15, 0.2) is 18.5 Å². The Kier molecular flexibility index (Phi) is 3.69. The molecule has 0 spiro atoms. The van der Waals surface area contributed by atoms with Gasteiger partial charge in [0.2, 0.25) is 0 Å². The number of hydrogen-bond donors (Lipinski definition) is 3. The summed E-state index contributed by atoms with van der Waals surface area (Å²) in [4.78, 5) is 26.8. The molecule has 6 nitrogen and oxygen atoms in total. The van der Waals surface area contributed by atoms with Crippen molar-refractivity contribution in [2.45, 2.75) is 37.6 Å². The van der Waals surface area contributed by atoms with Gasteiger partial charge in [0.15, 0.2) is 0 Å². The van der Waals surface area contributed by atoms with Crippen molar-refractivity contribution < 1.29 is 19.8 Å². The lowest BCUT2D eigenvalue weighted by atomic mass is 9.92. The number of aliphatic carboxylic acids is 1. The number of carbonyl (C=O) groups is 2. The normalized spacial score (nSPS) is 17.1. The molecular weight excluding hydrogens is 248 g/mol. The molecule has 102 valence electrons. The Morgan fingerprint density at radius 2 is 2.05 bits per heavy atom. The van der Waals surface area contributed by atoms with Gasteiger partial charge in [0.25, 0.3) is 5.91 Å². The van der Waals surface area contributed by atoms with Crippen LogP contribution in [0.3, 0.4) is 0 Å². The fraction of sp³-hybridized carbons (Fsp3) is 0.462. The third-order valence-electron chi connectivity index (χ3n) is 3.47. The number of aromatic hydroxyl groups is 1. The van der Waals surface area contributed by atoms with Gasteiger partial charge in [0.05, 0.1) is 23.7 Å². The Hall–Kier alpha value is -2.11. The van der Waals surface area contributed by atoms with Gasteiger partial charge in [0, 0.05) is 6.20 Å². The minimum Gasteiger partial charge on any atom is -0.505 e. The number of carbonyl (C=O) groups excluding carboxylic acids is 1. The Bertz CT molecular complexity index is 495. The quantitative estimate of drug-likeness (QED) is 0.761. The van der Waals surface area contributed by atoms with Crippen LogP contribution in [0.1, 0.15) is 42.5 Å². The van der Waals surface area contributed by atoms with E-state index in [9.17, 15) is 14.7 Å². The second-order valence-corrected chi connectivity index (χ2v) is 4.90. The average molecular weight is 264 g/mol. The van der Waals surface area contributed by atoms with Gasteiger partial charge in [-0.2, -0.15) is 0 Å². The van der Waals surface area contributed by atoms with E-state index in [0.29, 0.717) is 12.8 Å². The summed E-state index contributed by atoms with van der Waals surface area (Å²) in [6.45, 7) is 0. The third kappa shape index (κ3) is 3.01. The van der Waals surface area contributed by atoms with Crippen molar-refractivity contribution in [3.8, 4) is 5.75 Å². The number of rotatable bonds is 4. The van der Waals surface area contributed by atoms with Crippen molar-refractivity contribution in [1.29, 1.82) is 0 Å². The largest absolute Gasteiger partial charge is 0.505 e. The molecule has 0 radical (unpaired) electrons. The maximum Gasteiger partial charge on any atom is 0.305 e. The van der Waals surface area contributed by atoms with E-state index in [-0.39, 0.29) is 17.7 Å². The van der Waals surface area contributed by atoms with Crippen LogP contribution in [-0.4, -0.2) is 32.6 Å². The van der Waals surface area contributed by atoms with E-state index < -0.39 is 17.4 Å². The predicted molar refractivity (Wildman–Crippen MR) is 66.8 cm³/mol. The monoisotopic (exact) mass is 264 g/mol. The van der Waals surface area contributed by atoms with Crippen LogP contribution in [0, 0.1) is 0 Å². The zero-order valence-electron chi connectivity index (χ0n) is 10.4. The van der Waals surface area contributed by atoms with E-state index >= 15 is 0 Å². The van der Waals surface area contributed by atoms with E-state index in [4.69, 9.17) is 5.11 Å². The van der Waals surface area contributed by atoms with Gasteiger partial charge >= 0.3 is 5.97 Å². The summed E-state index contributed by atoms with van der Waals surface area (Å²) in [5, 5.41) is 21.3. The van der Waals surface area contributed by atoms with E-state index in [2.05, 4.69) is 10.3 Å². The molecule has 1 aliphatic rings. The van der Waals surface area contributed by atoms with Crippen LogP contribution >= 0.6 is 0 Å². The smallest absolute Gasteiger partial charge is 0.305 e. The van der Waals surface area contributed by atoms with E-state index in [1.165, 1.54) is 18.5 Å². The van der Waals surface area contributed by atoms with Crippen LogP contribution in [0.2, 0.25) is 0 Å². The molecule has 1 saturated carbocycles. The fourth-order valence-electron chi connectivity index (χ4n) is 2.57. The zero-order valence-corrected chi connectivity index (χ0v) is 10.4. The molecule has 1 fully saturated rings. The molecule has 0 atom stereocenters. The summed E-state index contributed by atoms with van der Waals surface area (Å²) in [5.74, 6) is -1.59. The van der Waals surface area contributed by atoms with Gasteiger partial charge in [-0.05, 0) is 18.9 Å². The number of carboxylic acid groups (broad SMARTS) is 1. The van der Waals surface area contributed by atoms with Crippen LogP contribution in [0.5, 0.6) is 5.75 Å². The second kappa shape index (κ2) is 5.26. The number of hydrogen-bond acceptors (Lipinski definition) is 4. The SMILES string of the molecule is O=C(O)CC1(NC(=O)c2ccncc2O)CCCC1. The molecule has 1 aromatic rings. The molecule has 0 saturated heterocycles. The molecule has 1 aromatic heterocycles. The summed E-state index contributed by atoms with van der Waals surface area (Å²) in [7, 11) is 0. The van der Waals surface area contributed by atoms with Gasteiger partial charge in [-0.1, -0.05) is 12.8 Å². The maximum absolute atomic E-state index is 12.1. The topological polar surface area (TPSA) is 99.5 Å². The number of pyridine rings is 1. The third-order valence-corrected chi connectivity index (χ3v) is 3.47. The molecule has 3 N–H and O–H groups in total. The minimum absolute atomic E-state index is 0.0927. The fourth-order valence-corrected chi connectivity index (χ4v) is 2.57. The summed E-state index contributed by atoms with van der Waals surface area (Å²) in [6.07, 6.45) is 5.60. The summed E-state index contributed by atoms with van der Waals surface area (Å²) >= 11 is 0. The van der Waals surface area contributed by atoms with Crippen molar-refractivity contribution in [3.05, 3.63) is 24.0 Å². The van der Waals surface area contributed by atoms with Crippen molar-refractivity contribution in [2.75, 3.05) is 0 Å². The van der Waals surface area contributed by atoms with Crippen molar-refractivity contribution >= 4 is 11.9 Å². The van der Waals surface area contributed by atoms with Gasteiger partial charge in [-0.15, -0.1) is 0 Å². The van der Waals surface area contributed by atoms with Crippen molar-refractivity contribution in [1.82, 2.24) is 10.3 Å². The van der Waals surface area contributed by atoms with Crippen LogP contribution < -0.4 is 5.32 Å². The van der Waals surface area contributed by atoms with Crippen LogP contribution in [-0.2, 0) is 4.79 Å². The molecule has 0 unspecified atom stereocenters. The Labute approximate surface area is 110 Å². The first-order valence-electron chi connectivity index (χ1n) is 6.20. The highest BCUT2D eigenvalue weighted by molar-refractivity contribution is 5.97. The highest BCUT2D eigenvalue weighted by atomic mass is 16.4. The number of amides is 1. The highest BCUT2D eigenvalue weighted by Crippen LogP contribution is 2.33. The molecule has 6 heteroatoms. The first-order valence-corrected chi connectivity index (χ1v) is 6.20. The summed E-state index contributed by atoms with van der Waals surface area (Å²) in [5.41, 5.74) is -0.579. The van der Waals surface area contributed by atoms with Gasteiger partial charge in [-0.25, -0.2) is 0 Å². The van der Waals surface area contributed by atoms with E-state index in [0.717, 1.165) is 12.8 Å². The lowest BCUT2D eigenvalue weighted by molar-refractivity contribution is -0.138. The molecule has 0 bridgehead atoms.